The average Bonchev–Trinajstić information content (AvgIpc) is 2.34. The van der Waals surface area contributed by atoms with Gasteiger partial charge < -0.3 is 10.4 Å². The fourth-order valence-electron chi connectivity index (χ4n) is 2.42. The maximum absolute atomic E-state index is 11.0. The average molecular weight is 269 g/mol. The molecule has 2 atom stereocenters. The lowest BCUT2D eigenvalue weighted by Gasteiger charge is -2.28. The van der Waals surface area contributed by atoms with Crippen LogP contribution in [0.25, 0.3) is 0 Å². The van der Waals surface area contributed by atoms with Crippen LogP contribution in [0.1, 0.15) is 31.2 Å². The van der Waals surface area contributed by atoms with E-state index in [-0.39, 0.29) is 12.0 Å². The lowest BCUT2D eigenvalue weighted by molar-refractivity contribution is -0.142. The van der Waals surface area contributed by atoms with Gasteiger partial charge in [0.1, 0.15) is 5.15 Å². The standard InChI is InChI=1S/C13H17ClN2O2/c1-8-5-11(7-15-12(8)14)16-10-4-2-3-9(6-10)13(17)18/h5,7,9-10,16H,2-4,6H2,1H3,(H,17,18). The summed E-state index contributed by atoms with van der Waals surface area (Å²) in [6.07, 6.45) is 5.11. The van der Waals surface area contributed by atoms with Gasteiger partial charge in [-0.1, -0.05) is 18.0 Å². The van der Waals surface area contributed by atoms with E-state index in [1.807, 2.05) is 13.0 Å². The van der Waals surface area contributed by atoms with E-state index < -0.39 is 5.97 Å². The third-order valence-corrected chi connectivity index (χ3v) is 3.80. The Kier molecular flexibility index (Phi) is 4.07. The molecule has 0 spiro atoms. The molecule has 1 aromatic heterocycles. The van der Waals surface area contributed by atoms with Crippen LogP contribution >= 0.6 is 11.6 Å². The highest BCUT2D eigenvalue weighted by atomic mass is 35.5. The number of aromatic nitrogens is 1. The van der Waals surface area contributed by atoms with Crippen molar-refractivity contribution in [3.8, 4) is 0 Å². The number of hydrogen-bond donors (Lipinski definition) is 2. The Morgan fingerprint density at radius 3 is 3.00 bits per heavy atom. The van der Waals surface area contributed by atoms with Crippen molar-refractivity contribution in [3.63, 3.8) is 0 Å². The first-order valence-corrected chi connectivity index (χ1v) is 6.55. The van der Waals surface area contributed by atoms with Gasteiger partial charge in [0.2, 0.25) is 0 Å². The topological polar surface area (TPSA) is 62.2 Å². The Morgan fingerprint density at radius 2 is 2.33 bits per heavy atom. The molecule has 0 radical (unpaired) electrons. The van der Waals surface area contributed by atoms with Crippen molar-refractivity contribution in [2.75, 3.05) is 5.32 Å². The van der Waals surface area contributed by atoms with Gasteiger partial charge in [0.05, 0.1) is 17.8 Å². The molecule has 4 nitrogen and oxygen atoms in total. The number of rotatable bonds is 3. The summed E-state index contributed by atoms with van der Waals surface area (Å²) in [5.41, 5.74) is 1.83. The van der Waals surface area contributed by atoms with Gasteiger partial charge in [0, 0.05) is 6.04 Å². The van der Waals surface area contributed by atoms with Crippen LogP contribution in [0.3, 0.4) is 0 Å². The summed E-state index contributed by atoms with van der Waals surface area (Å²) in [5.74, 6) is -0.912. The first-order chi connectivity index (χ1) is 8.56. The summed E-state index contributed by atoms with van der Waals surface area (Å²) in [5, 5.41) is 12.9. The van der Waals surface area contributed by atoms with E-state index in [9.17, 15) is 4.79 Å². The number of carboxylic acid groups (broad SMARTS) is 1. The fraction of sp³-hybridized carbons (Fsp3) is 0.538. The Bertz CT molecular complexity index is 451. The highest BCUT2D eigenvalue weighted by Crippen LogP contribution is 2.27. The molecule has 5 heteroatoms. The molecule has 1 heterocycles. The van der Waals surface area contributed by atoms with Crippen LogP contribution in [0.5, 0.6) is 0 Å². The Hall–Kier alpha value is -1.29. The minimum atomic E-state index is -0.688. The van der Waals surface area contributed by atoms with E-state index in [4.69, 9.17) is 16.7 Å². The molecule has 1 saturated carbocycles. The SMILES string of the molecule is Cc1cc(NC2CCCC(C(=O)O)C2)cnc1Cl. The summed E-state index contributed by atoms with van der Waals surface area (Å²) >= 11 is 5.87. The molecule has 1 aliphatic rings. The van der Waals surface area contributed by atoms with Crippen molar-refractivity contribution in [1.82, 2.24) is 4.98 Å². The van der Waals surface area contributed by atoms with Crippen LogP contribution in [0.15, 0.2) is 12.3 Å². The molecule has 1 fully saturated rings. The second kappa shape index (κ2) is 5.57. The summed E-state index contributed by atoms with van der Waals surface area (Å²) < 4.78 is 0. The molecule has 98 valence electrons. The summed E-state index contributed by atoms with van der Waals surface area (Å²) in [4.78, 5) is 15.1. The molecule has 0 saturated heterocycles. The van der Waals surface area contributed by atoms with Gasteiger partial charge in [0.15, 0.2) is 0 Å². The number of anilines is 1. The van der Waals surface area contributed by atoms with Gasteiger partial charge in [-0.2, -0.15) is 0 Å². The van der Waals surface area contributed by atoms with Crippen molar-refractivity contribution >= 4 is 23.3 Å². The molecule has 0 amide bonds. The van der Waals surface area contributed by atoms with E-state index in [2.05, 4.69) is 10.3 Å². The molecule has 2 rings (SSSR count). The minimum Gasteiger partial charge on any atom is -0.481 e. The first-order valence-electron chi connectivity index (χ1n) is 6.17. The Labute approximate surface area is 111 Å². The molecule has 2 N–H and O–H groups in total. The van der Waals surface area contributed by atoms with Gasteiger partial charge in [-0.25, -0.2) is 4.98 Å². The number of aliphatic carboxylic acids is 1. The first kappa shape index (κ1) is 13.1. The van der Waals surface area contributed by atoms with Gasteiger partial charge in [-0.15, -0.1) is 0 Å². The quantitative estimate of drug-likeness (QED) is 0.827. The lowest BCUT2D eigenvalue weighted by Crippen LogP contribution is -2.31. The number of carbonyl (C=O) groups is 1. The number of carboxylic acids is 1. The molecule has 2 unspecified atom stereocenters. The molecule has 0 bridgehead atoms. The third kappa shape index (κ3) is 3.13. The largest absolute Gasteiger partial charge is 0.481 e. The predicted molar refractivity (Wildman–Crippen MR) is 71.0 cm³/mol. The summed E-state index contributed by atoms with van der Waals surface area (Å²) in [6, 6.07) is 2.15. The van der Waals surface area contributed by atoms with Crippen molar-refractivity contribution < 1.29 is 9.90 Å². The fourth-order valence-corrected chi connectivity index (χ4v) is 2.52. The van der Waals surface area contributed by atoms with Gasteiger partial charge in [0.25, 0.3) is 0 Å². The second-order valence-corrected chi connectivity index (χ2v) is 5.23. The molecule has 1 aromatic rings. The van der Waals surface area contributed by atoms with Crippen molar-refractivity contribution in [3.05, 3.63) is 23.0 Å². The number of nitrogens with zero attached hydrogens (tertiary/aromatic N) is 1. The molecule has 0 aromatic carbocycles. The van der Waals surface area contributed by atoms with Gasteiger partial charge >= 0.3 is 5.97 Å². The number of hydrogen-bond acceptors (Lipinski definition) is 3. The summed E-state index contributed by atoms with van der Waals surface area (Å²) in [6.45, 7) is 1.90. The van der Waals surface area contributed by atoms with Crippen LogP contribution in [0.2, 0.25) is 5.15 Å². The third-order valence-electron chi connectivity index (χ3n) is 3.41. The number of aryl methyl sites for hydroxylation is 1. The molecule has 0 aliphatic heterocycles. The zero-order valence-corrected chi connectivity index (χ0v) is 11.1. The van der Waals surface area contributed by atoms with Crippen molar-refractivity contribution in [1.29, 1.82) is 0 Å². The van der Waals surface area contributed by atoms with Gasteiger partial charge in [-0.3, -0.25) is 4.79 Å². The van der Waals surface area contributed by atoms with Crippen molar-refractivity contribution in [2.24, 2.45) is 5.92 Å². The normalized spacial score (nSPS) is 23.7. The predicted octanol–water partition coefficient (Wildman–Crippen LogP) is 3.10. The van der Waals surface area contributed by atoms with Crippen LogP contribution in [-0.4, -0.2) is 22.1 Å². The maximum atomic E-state index is 11.0. The van der Waals surface area contributed by atoms with Crippen LogP contribution in [0, 0.1) is 12.8 Å². The second-order valence-electron chi connectivity index (χ2n) is 4.87. The zero-order valence-electron chi connectivity index (χ0n) is 10.3. The summed E-state index contributed by atoms with van der Waals surface area (Å²) in [7, 11) is 0. The van der Waals surface area contributed by atoms with E-state index in [0.29, 0.717) is 11.6 Å². The Balaban J connectivity index is 2.00. The highest BCUT2D eigenvalue weighted by Gasteiger charge is 2.26. The van der Waals surface area contributed by atoms with E-state index >= 15 is 0 Å². The van der Waals surface area contributed by atoms with E-state index in [1.54, 1.807) is 6.20 Å². The number of halogens is 1. The Morgan fingerprint density at radius 1 is 1.56 bits per heavy atom. The van der Waals surface area contributed by atoms with Crippen molar-refractivity contribution in [2.45, 2.75) is 38.6 Å². The zero-order chi connectivity index (χ0) is 13.1. The van der Waals surface area contributed by atoms with Crippen LogP contribution < -0.4 is 5.32 Å². The van der Waals surface area contributed by atoms with Gasteiger partial charge in [-0.05, 0) is 37.8 Å². The molecular formula is C13H17ClN2O2. The number of nitrogens with one attached hydrogen (secondary N) is 1. The van der Waals surface area contributed by atoms with Crippen LogP contribution in [0.4, 0.5) is 5.69 Å². The monoisotopic (exact) mass is 268 g/mol. The minimum absolute atomic E-state index is 0.210. The maximum Gasteiger partial charge on any atom is 0.306 e. The lowest BCUT2D eigenvalue weighted by atomic mass is 9.86. The van der Waals surface area contributed by atoms with E-state index in [1.165, 1.54) is 0 Å². The van der Waals surface area contributed by atoms with E-state index in [0.717, 1.165) is 30.5 Å². The molecule has 18 heavy (non-hydrogen) atoms. The number of pyridine rings is 1. The van der Waals surface area contributed by atoms with Crippen LogP contribution in [-0.2, 0) is 4.79 Å². The molecular weight excluding hydrogens is 252 g/mol. The highest BCUT2D eigenvalue weighted by molar-refractivity contribution is 6.30. The smallest absolute Gasteiger partial charge is 0.306 e. The molecule has 1 aliphatic carbocycles.